The predicted molar refractivity (Wildman–Crippen MR) is 109 cm³/mol. The van der Waals surface area contributed by atoms with Gasteiger partial charge in [0, 0.05) is 13.2 Å². The predicted octanol–water partition coefficient (Wildman–Crippen LogP) is 3.31. The molecule has 4 rings (SSSR count). The minimum absolute atomic E-state index is 0.291. The summed E-state index contributed by atoms with van der Waals surface area (Å²) in [5.74, 6) is -0.932. The van der Waals surface area contributed by atoms with Crippen LogP contribution in [-0.2, 0) is 14.3 Å². The average molecular weight is 407 g/mol. The average Bonchev–Trinajstić information content (AvgIpc) is 2.95. The summed E-state index contributed by atoms with van der Waals surface area (Å²) >= 11 is 0. The molecule has 2 aromatic rings. The zero-order valence-corrected chi connectivity index (χ0v) is 17.0. The van der Waals surface area contributed by atoms with Gasteiger partial charge in [0.05, 0.1) is 5.69 Å². The number of urea groups is 1. The van der Waals surface area contributed by atoms with Crippen molar-refractivity contribution in [3.63, 3.8) is 0 Å². The largest absolute Gasteiger partial charge is 0.450 e. The molecule has 0 N–H and O–H groups in total. The molecule has 1 saturated carbocycles. The third-order valence-corrected chi connectivity index (χ3v) is 6.08. The molecule has 1 saturated heterocycles. The SMILES string of the molecule is CN1C(=O)N(CC(=O)OC(c2ccccc2)c2ccccn2)C(=O)C12CCCCC2. The topological polar surface area (TPSA) is 79.8 Å². The first-order chi connectivity index (χ1) is 14.5. The lowest BCUT2D eigenvalue weighted by Gasteiger charge is -2.35. The minimum atomic E-state index is -0.810. The first-order valence-corrected chi connectivity index (χ1v) is 10.3. The number of hydrogen-bond acceptors (Lipinski definition) is 5. The lowest BCUT2D eigenvalue weighted by molar-refractivity contribution is -0.151. The molecule has 1 unspecified atom stereocenters. The molecule has 1 atom stereocenters. The highest BCUT2D eigenvalue weighted by atomic mass is 16.5. The van der Waals surface area contributed by atoms with Gasteiger partial charge in [0.1, 0.15) is 12.1 Å². The van der Waals surface area contributed by atoms with Crippen molar-refractivity contribution in [2.24, 2.45) is 0 Å². The molecule has 2 heterocycles. The number of nitrogens with zero attached hydrogens (tertiary/aromatic N) is 3. The number of benzene rings is 1. The Hall–Kier alpha value is -3.22. The normalized spacial score (nSPS) is 19.2. The number of amides is 3. The van der Waals surface area contributed by atoms with Crippen molar-refractivity contribution in [2.45, 2.75) is 43.7 Å². The maximum absolute atomic E-state index is 13.1. The molecule has 2 aliphatic rings. The Balaban J connectivity index is 1.53. The van der Waals surface area contributed by atoms with Gasteiger partial charge in [0.25, 0.3) is 5.91 Å². The van der Waals surface area contributed by atoms with Gasteiger partial charge in [-0.3, -0.25) is 19.5 Å². The molecule has 7 heteroatoms. The Morgan fingerprint density at radius 3 is 2.43 bits per heavy atom. The van der Waals surface area contributed by atoms with E-state index in [1.807, 2.05) is 36.4 Å². The van der Waals surface area contributed by atoms with Gasteiger partial charge >= 0.3 is 12.0 Å². The fourth-order valence-electron chi connectivity index (χ4n) is 4.43. The second-order valence-corrected chi connectivity index (χ2v) is 7.86. The summed E-state index contributed by atoms with van der Waals surface area (Å²) in [5.41, 5.74) is 0.539. The minimum Gasteiger partial charge on any atom is -0.450 e. The standard InChI is InChI=1S/C23H25N3O4/c1-25-22(29)26(21(28)23(25)13-7-3-8-14-23)16-19(27)30-20(17-10-4-2-5-11-17)18-12-6-9-15-24-18/h2,4-6,9-12,15,20H,3,7-8,13-14,16H2,1H3. The van der Waals surface area contributed by atoms with Crippen LogP contribution in [0.3, 0.4) is 0 Å². The maximum atomic E-state index is 13.1. The number of carbonyl (C=O) groups excluding carboxylic acids is 3. The van der Waals surface area contributed by atoms with Gasteiger partial charge in [0.15, 0.2) is 6.10 Å². The van der Waals surface area contributed by atoms with Crippen LogP contribution in [0, 0.1) is 0 Å². The third-order valence-electron chi connectivity index (χ3n) is 6.08. The fourth-order valence-corrected chi connectivity index (χ4v) is 4.43. The van der Waals surface area contributed by atoms with Crippen molar-refractivity contribution >= 4 is 17.9 Å². The number of carbonyl (C=O) groups is 3. The molecular formula is C23H25N3O4. The van der Waals surface area contributed by atoms with E-state index >= 15 is 0 Å². The van der Waals surface area contributed by atoms with E-state index in [0.717, 1.165) is 29.7 Å². The van der Waals surface area contributed by atoms with Crippen molar-refractivity contribution < 1.29 is 19.1 Å². The number of hydrogen-bond donors (Lipinski definition) is 0. The Morgan fingerprint density at radius 1 is 1.07 bits per heavy atom. The Morgan fingerprint density at radius 2 is 1.77 bits per heavy atom. The second-order valence-electron chi connectivity index (χ2n) is 7.86. The van der Waals surface area contributed by atoms with Gasteiger partial charge < -0.3 is 9.64 Å². The summed E-state index contributed by atoms with van der Waals surface area (Å²) in [4.78, 5) is 45.5. The monoisotopic (exact) mass is 407 g/mol. The van der Waals surface area contributed by atoms with E-state index in [9.17, 15) is 14.4 Å². The van der Waals surface area contributed by atoms with E-state index in [1.54, 1.807) is 25.4 Å². The van der Waals surface area contributed by atoms with E-state index < -0.39 is 30.2 Å². The van der Waals surface area contributed by atoms with Crippen LogP contribution in [0.25, 0.3) is 0 Å². The number of imide groups is 1. The quantitative estimate of drug-likeness (QED) is 0.561. The second kappa shape index (κ2) is 8.26. The molecule has 1 aliphatic carbocycles. The van der Waals surface area contributed by atoms with E-state index in [0.29, 0.717) is 18.5 Å². The Bertz CT molecular complexity index is 886. The molecule has 1 aromatic carbocycles. The molecule has 1 aromatic heterocycles. The highest BCUT2D eigenvalue weighted by Gasteiger charge is 2.56. The number of ether oxygens (including phenoxy) is 1. The summed E-state index contributed by atoms with van der Waals surface area (Å²) in [5, 5.41) is 0. The lowest BCUT2D eigenvalue weighted by Crippen LogP contribution is -2.49. The van der Waals surface area contributed by atoms with Crippen molar-refractivity contribution in [2.75, 3.05) is 13.6 Å². The Labute approximate surface area is 175 Å². The van der Waals surface area contributed by atoms with Crippen molar-refractivity contribution in [3.05, 3.63) is 66.0 Å². The zero-order chi connectivity index (χ0) is 21.1. The molecule has 1 aliphatic heterocycles. The summed E-state index contributed by atoms with van der Waals surface area (Å²) in [7, 11) is 1.65. The molecule has 0 bridgehead atoms. The summed E-state index contributed by atoms with van der Waals surface area (Å²) in [6.07, 6.45) is 5.06. The van der Waals surface area contributed by atoms with Crippen LogP contribution in [0.15, 0.2) is 54.7 Å². The van der Waals surface area contributed by atoms with Gasteiger partial charge in [0.2, 0.25) is 0 Å². The smallest absolute Gasteiger partial charge is 0.327 e. The van der Waals surface area contributed by atoms with Crippen LogP contribution in [0.5, 0.6) is 0 Å². The van der Waals surface area contributed by atoms with Gasteiger partial charge in [-0.15, -0.1) is 0 Å². The third kappa shape index (κ3) is 3.56. The lowest BCUT2D eigenvalue weighted by atomic mass is 9.81. The highest BCUT2D eigenvalue weighted by molar-refractivity contribution is 6.08. The molecule has 0 radical (unpaired) electrons. The summed E-state index contributed by atoms with van der Waals surface area (Å²) in [6.45, 7) is -0.403. The summed E-state index contributed by atoms with van der Waals surface area (Å²) < 4.78 is 5.73. The number of likely N-dealkylation sites (N-methyl/N-ethyl adjacent to an activating group) is 1. The molecule has 156 valence electrons. The van der Waals surface area contributed by atoms with Crippen LogP contribution >= 0.6 is 0 Å². The van der Waals surface area contributed by atoms with E-state index in [1.165, 1.54) is 4.90 Å². The molecule has 2 fully saturated rings. The number of esters is 1. The zero-order valence-electron chi connectivity index (χ0n) is 17.0. The number of aromatic nitrogens is 1. The van der Waals surface area contributed by atoms with Crippen molar-refractivity contribution in [1.29, 1.82) is 0 Å². The molecule has 7 nitrogen and oxygen atoms in total. The van der Waals surface area contributed by atoms with Gasteiger partial charge in [-0.25, -0.2) is 4.79 Å². The van der Waals surface area contributed by atoms with Gasteiger partial charge in [-0.2, -0.15) is 0 Å². The first kappa shape index (κ1) is 20.1. The molecule has 1 spiro atoms. The van der Waals surface area contributed by atoms with Crippen LogP contribution in [0.1, 0.15) is 49.5 Å². The molecule has 30 heavy (non-hydrogen) atoms. The number of rotatable bonds is 5. The van der Waals surface area contributed by atoms with Crippen LogP contribution in [0.4, 0.5) is 4.79 Å². The fraction of sp³-hybridized carbons (Fsp3) is 0.391. The molecular weight excluding hydrogens is 382 g/mol. The van der Waals surface area contributed by atoms with Crippen LogP contribution in [-0.4, -0.2) is 51.8 Å². The van der Waals surface area contributed by atoms with Gasteiger partial charge in [-0.1, -0.05) is 55.7 Å². The van der Waals surface area contributed by atoms with Crippen LogP contribution < -0.4 is 0 Å². The Kier molecular flexibility index (Phi) is 5.53. The van der Waals surface area contributed by atoms with Crippen molar-refractivity contribution in [3.8, 4) is 0 Å². The van der Waals surface area contributed by atoms with Crippen molar-refractivity contribution in [1.82, 2.24) is 14.8 Å². The van der Waals surface area contributed by atoms with E-state index in [2.05, 4.69) is 4.98 Å². The van der Waals surface area contributed by atoms with E-state index in [-0.39, 0.29) is 5.91 Å². The van der Waals surface area contributed by atoms with E-state index in [4.69, 9.17) is 4.74 Å². The molecule has 3 amide bonds. The number of pyridine rings is 1. The maximum Gasteiger partial charge on any atom is 0.327 e. The highest BCUT2D eigenvalue weighted by Crippen LogP contribution is 2.39. The van der Waals surface area contributed by atoms with Crippen LogP contribution in [0.2, 0.25) is 0 Å². The van der Waals surface area contributed by atoms with Gasteiger partial charge in [-0.05, 0) is 30.5 Å². The summed E-state index contributed by atoms with van der Waals surface area (Å²) in [6, 6.07) is 14.2. The first-order valence-electron chi connectivity index (χ1n) is 10.3.